The number of carbonyl (C=O) groups is 1. The number of nitrogens with zero attached hydrogens (tertiary/aromatic N) is 1. The van der Waals surface area contributed by atoms with Gasteiger partial charge in [-0.15, -0.1) is 0 Å². The van der Waals surface area contributed by atoms with Gasteiger partial charge in [0.25, 0.3) is 5.91 Å². The van der Waals surface area contributed by atoms with Crippen LogP contribution >= 0.6 is 0 Å². The Bertz CT molecular complexity index is 546. The molecule has 0 aliphatic rings. The van der Waals surface area contributed by atoms with Crippen LogP contribution < -0.4 is 11.1 Å². The molecule has 3 N–H and O–H groups in total. The Hall–Kier alpha value is -2.14. The first kappa shape index (κ1) is 14.9. The highest BCUT2D eigenvalue weighted by Crippen LogP contribution is 2.29. The van der Waals surface area contributed by atoms with Crippen LogP contribution in [0.2, 0.25) is 0 Å². The fourth-order valence-corrected chi connectivity index (χ4v) is 1.10. The average Bonchev–Trinajstić information content (AvgIpc) is 2.29. The summed E-state index contributed by atoms with van der Waals surface area (Å²) in [6.07, 6.45) is -4.95. The summed E-state index contributed by atoms with van der Waals surface area (Å²) in [4.78, 5) is 11.5. The Kier molecular flexibility index (Phi) is 3.81. The number of carbonyl (C=O) groups excluding carboxylic acids is 1. The maximum Gasteiger partial charge on any atom is 0.415 e. The molecule has 1 amide bonds. The first-order valence-corrected chi connectivity index (χ1v) is 4.96. The maximum atomic E-state index is 12.8. The zero-order valence-electron chi connectivity index (χ0n) is 9.68. The monoisotopic (exact) mass is 275 g/mol. The normalized spacial score (nSPS) is 14.4. The molecule has 1 aromatic rings. The smallest absolute Gasteiger partial charge is 0.323 e. The van der Waals surface area contributed by atoms with E-state index in [1.807, 2.05) is 5.32 Å². The molecule has 19 heavy (non-hydrogen) atoms. The summed E-state index contributed by atoms with van der Waals surface area (Å²) >= 11 is 0. The predicted molar refractivity (Wildman–Crippen MR) is 58.4 cm³/mol. The number of benzene rings is 1. The van der Waals surface area contributed by atoms with Crippen molar-refractivity contribution in [3.63, 3.8) is 0 Å². The fraction of sp³-hybridized carbons (Fsp3) is 0.273. The van der Waals surface area contributed by atoms with Gasteiger partial charge in [0, 0.05) is 0 Å². The third-order valence-corrected chi connectivity index (χ3v) is 2.41. The van der Waals surface area contributed by atoms with Gasteiger partial charge in [0.05, 0.1) is 11.3 Å². The molecule has 0 aromatic heterocycles. The van der Waals surface area contributed by atoms with Crippen molar-refractivity contribution in [1.82, 2.24) is 0 Å². The Morgan fingerprint density at radius 2 is 2.00 bits per heavy atom. The number of halogens is 4. The summed E-state index contributed by atoms with van der Waals surface area (Å²) in [6.45, 7) is 0.498. The molecule has 0 saturated carbocycles. The molecule has 0 fully saturated rings. The van der Waals surface area contributed by atoms with Gasteiger partial charge in [-0.2, -0.15) is 18.4 Å². The first-order chi connectivity index (χ1) is 8.59. The van der Waals surface area contributed by atoms with Crippen molar-refractivity contribution in [2.75, 3.05) is 5.32 Å². The van der Waals surface area contributed by atoms with Gasteiger partial charge in [-0.25, -0.2) is 4.39 Å². The molecule has 0 saturated heterocycles. The minimum atomic E-state index is -4.95. The molecule has 1 aromatic carbocycles. The van der Waals surface area contributed by atoms with Crippen molar-refractivity contribution in [3.05, 3.63) is 29.6 Å². The Labute approximate surface area is 105 Å². The second kappa shape index (κ2) is 4.85. The Morgan fingerprint density at radius 1 is 1.42 bits per heavy atom. The van der Waals surface area contributed by atoms with Crippen LogP contribution in [-0.2, 0) is 4.79 Å². The molecule has 0 spiro atoms. The maximum absolute atomic E-state index is 12.8. The lowest BCUT2D eigenvalue weighted by atomic mass is 10.0. The van der Waals surface area contributed by atoms with E-state index >= 15 is 0 Å². The van der Waals surface area contributed by atoms with Gasteiger partial charge in [0.15, 0.2) is 5.54 Å². The van der Waals surface area contributed by atoms with Crippen molar-refractivity contribution >= 4 is 11.6 Å². The number of nitrogens with two attached hydrogens (primary N) is 1. The highest BCUT2D eigenvalue weighted by Gasteiger charge is 2.54. The molecule has 0 heterocycles. The zero-order valence-corrected chi connectivity index (χ0v) is 9.68. The first-order valence-electron chi connectivity index (χ1n) is 4.96. The predicted octanol–water partition coefficient (Wildman–Crippen LogP) is 1.92. The van der Waals surface area contributed by atoms with Gasteiger partial charge < -0.3 is 11.1 Å². The molecule has 0 aliphatic carbocycles. The van der Waals surface area contributed by atoms with Crippen molar-refractivity contribution in [3.8, 4) is 6.07 Å². The van der Waals surface area contributed by atoms with Gasteiger partial charge in [0.2, 0.25) is 0 Å². The third-order valence-electron chi connectivity index (χ3n) is 2.41. The highest BCUT2D eigenvalue weighted by molar-refractivity contribution is 5.99. The lowest BCUT2D eigenvalue weighted by Gasteiger charge is -2.26. The summed E-state index contributed by atoms with van der Waals surface area (Å²) in [5.74, 6) is -2.29. The van der Waals surface area contributed by atoms with Crippen LogP contribution in [0.5, 0.6) is 0 Å². The molecule has 1 rings (SSSR count). The number of alkyl halides is 3. The van der Waals surface area contributed by atoms with Gasteiger partial charge in [0.1, 0.15) is 11.9 Å². The van der Waals surface area contributed by atoms with E-state index in [2.05, 4.69) is 0 Å². The van der Waals surface area contributed by atoms with Crippen LogP contribution in [0.3, 0.4) is 0 Å². The van der Waals surface area contributed by atoms with Gasteiger partial charge in [-0.05, 0) is 25.1 Å². The van der Waals surface area contributed by atoms with Crippen LogP contribution in [0.25, 0.3) is 0 Å². The van der Waals surface area contributed by atoms with Crippen LogP contribution in [0, 0.1) is 17.1 Å². The van der Waals surface area contributed by atoms with E-state index in [4.69, 9.17) is 11.0 Å². The van der Waals surface area contributed by atoms with Crippen molar-refractivity contribution in [1.29, 1.82) is 5.26 Å². The van der Waals surface area contributed by atoms with E-state index in [0.29, 0.717) is 6.92 Å². The second-order valence-electron chi connectivity index (χ2n) is 3.96. The van der Waals surface area contributed by atoms with E-state index in [-0.39, 0.29) is 11.3 Å². The van der Waals surface area contributed by atoms with Crippen LogP contribution in [0.15, 0.2) is 18.2 Å². The van der Waals surface area contributed by atoms with Crippen molar-refractivity contribution in [2.45, 2.75) is 18.6 Å². The van der Waals surface area contributed by atoms with Crippen LogP contribution in [-0.4, -0.2) is 17.6 Å². The van der Waals surface area contributed by atoms with Crippen LogP contribution in [0.1, 0.15) is 12.5 Å². The van der Waals surface area contributed by atoms with E-state index < -0.39 is 23.4 Å². The lowest BCUT2D eigenvalue weighted by molar-refractivity contribution is -0.184. The summed E-state index contributed by atoms with van der Waals surface area (Å²) in [7, 11) is 0. The Balaban J connectivity index is 3.05. The topological polar surface area (TPSA) is 78.9 Å². The molecule has 8 heteroatoms. The molecular weight excluding hydrogens is 266 g/mol. The molecule has 1 unspecified atom stereocenters. The van der Waals surface area contributed by atoms with E-state index in [1.165, 1.54) is 0 Å². The van der Waals surface area contributed by atoms with Gasteiger partial charge in [-0.3, -0.25) is 4.79 Å². The largest absolute Gasteiger partial charge is 0.415 e. The van der Waals surface area contributed by atoms with Crippen molar-refractivity contribution < 1.29 is 22.4 Å². The minimum Gasteiger partial charge on any atom is -0.323 e. The van der Waals surface area contributed by atoms with Crippen LogP contribution in [0.4, 0.5) is 23.2 Å². The summed E-state index contributed by atoms with van der Waals surface area (Å²) in [5.41, 5.74) is 1.26. The number of anilines is 1. The number of nitrogens with one attached hydrogen (secondary N) is 1. The number of hydrogen-bond donors (Lipinski definition) is 2. The minimum absolute atomic E-state index is 0.241. The number of amides is 1. The second-order valence-corrected chi connectivity index (χ2v) is 3.96. The standard InChI is InChI=1S/C11H9F4N3O/c1-10(17,11(13,14)15)9(19)18-8-3-2-7(12)4-6(8)5-16/h2-4H,17H2,1H3,(H,18,19). The third kappa shape index (κ3) is 3.00. The summed E-state index contributed by atoms with van der Waals surface area (Å²) in [6, 6.07) is 4.23. The summed E-state index contributed by atoms with van der Waals surface area (Å²) in [5, 5.41) is 10.6. The quantitative estimate of drug-likeness (QED) is 0.809. The number of nitriles is 1. The number of hydrogen-bond acceptors (Lipinski definition) is 3. The van der Waals surface area contributed by atoms with E-state index in [0.717, 1.165) is 18.2 Å². The average molecular weight is 275 g/mol. The molecule has 0 bridgehead atoms. The SMILES string of the molecule is CC(N)(C(=O)Nc1ccc(F)cc1C#N)C(F)(F)F. The molecule has 1 atom stereocenters. The molecule has 0 aliphatic heterocycles. The van der Waals surface area contributed by atoms with Crippen molar-refractivity contribution in [2.24, 2.45) is 5.73 Å². The Morgan fingerprint density at radius 3 is 2.47 bits per heavy atom. The summed E-state index contributed by atoms with van der Waals surface area (Å²) < 4.78 is 50.4. The number of rotatable bonds is 2. The molecule has 102 valence electrons. The zero-order chi connectivity index (χ0) is 14.8. The fourth-order valence-electron chi connectivity index (χ4n) is 1.10. The lowest BCUT2D eigenvalue weighted by Crippen LogP contribution is -2.59. The van der Waals surface area contributed by atoms with E-state index in [9.17, 15) is 22.4 Å². The van der Waals surface area contributed by atoms with E-state index in [1.54, 1.807) is 6.07 Å². The molecular formula is C11H9F4N3O. The van der Waals surface area contributed by atoms with Gasteiger partial charge in [-0.1, -0.05) is 0 Å². The van der Waals surface area contributed by atoms with Gasteiger partial charge >= 0.3 is 6.18 Å². The molecule has 4 nitrogen and oxygen atoms in total. The molecule has 0 radical (unpaired) electrons. The highest BCUT2D eigenvalue weighted by atomic mass is 19.4.